The molecule has 1 aliphatic rings. The maximum absolute atomic E-state index is 12.1. The van der Waals surface area contributed by atoms with Crippen molar-refractivity contribution in [2.24, 2.45) is 11.2 Å². The molecule has 1 fully saturated rings. The Kier molecular flexibility index (Phi) is 8.12. The van der Waals surface area contributed by atoms with Gasteiger partial charge in [0.15, 0.2) is 0 Å². The monoisotopic (exact) mass is 373 g/mol. The SMILES string of the molecule is CCN(/[N+]([O-])=N/OC1CCC(C(=O)OCC[N+](C)(C)C)CC1)C(C)(C)C. The fraction of sp³-hybridized carbons (Fsp3) is 0.944. The van der Waals surface area contributed by atoms with E-state index in [-0.39, 0.29) is 23.5 Å². The van der Waals surface area contributed by atoms with Crippen molar-refractivity contribution >= 4 is 5.97 Å². The number of ether oxygens (including phenoxy) is 1. The van der Waals surface area contributed by atoms with Crippen molar-refractivity contribution in [3.8, 4) is 0 Å². The summed E-state index contributed by atoms with van der Waals surface area (Å²) in [5.74, 6) is -0.198. The Balaban J connectivity index is 2.39. The highest BCUT2D eigenvalue weighted by Crippen LogP contribution is 2.27. The molecule has 8 heteroatoms. The van der Waals surface area contributed by atoms with E-state index < -0.39 is 0 Å². The van der Waals surface area contributed by atoms with Crippen molar-refractivity contribution in [3.63, 3.8) is 0 Å². The van der Waals surface area contributed by atoms with Crippen LogP contribution in [0.1, 0.15) is 53.4 Å². The van der Waals surface area contributed by atoms with Crippen molar-refractivity contribution in [1.29, 1.82) is 0 Å². The highest BCUT2D eigenvalue weighted by molar-refractivity contribution is 5.72. The van der Waals surface area contributed by atoms with E-state index in [1.807, 2.05) is 27.7 Å². The predicted octanol–water partition coefficient (Wildman–Crippen LogP) is 2.72. The number of likely N-dealkylation sites (N-methyl/N-ethyl adjacent to an activating group) is 1. The van der Waals surface area contributed by atoms with Crippen LogP contribution in [0.25, 0.3) is 0 Å². The third kappa shape index (κ3) is 7.76. The minimum atomic E-state index is -0.323. The summed E-state index contributed by atoms with van der Waals surface area (Å²) in [5.41, 5.74) is -0.323. The Labute approximate surface area is 157 Å². The lowest BCUT2D eigenvalue weighted by Crippen LogP contribution is -2.45. The Hall–Kier alpha value is -1.57. The first-order valence-corrected chi connectivity index (χ1v) is 9.52. The number of hydrazine groups is 1. The van der Waals surface area contributed by atoms with Crippen LogP contribution in [0.3, 0.4) is 0 Å². The molecule has 1 saturated carbocycles. The predicted molar refractivity (Wildman–Crippen MR) is 98.9 cm³/mol. The average molecular weight is 374 g/mol. The van der Waals surface area contributed by atoms with Gasteiger partial charge in [-0.15, -0.1) is 5.01 Å². The van der Waals surface area contributed by atoms with Crippen molar-refractivity contribution in [1.82, 2.24) is 5.01 Å². The lowest BCUT2D eigenvalue weighted by atomic mass is 9.87. The minimum Gasteiger partial charge on any atom is -0.569 e. The number of rotatable bonds is 8. The first kappa shape index (κ1) is 22.5. The van der Waals surface area contributed by atoms with Crippen molar-refractivity contribution in [2.75, 3.05) is 40.8 Å². The van der Waals surface area contributed by atoms with E-state index in [2.05, 4.69) is 26.4 Å². The summed E-state index contributed by atoms with van der Waals surface area (Å²) in [6.45, 7) is 9.54. The first-order chi connectivity index (χ1) is 11.9. The van der Waals surface area contributed by atoms with E-state index in [1.54, 1.807) is 5.01 Å². The molecule has 0 saturated heterocycles. The third-order valence-electron chi connectivity index (χ3n) is 4.56. The molecule has 0 N–H and O–H groups in total. The van der Waals surface area contributed by atoms with Gasteiger partial charge in [0.25, 0.3) is 0 Å². The number of carbonyl (C=O) groups excluding carboxylic acids is 1. The lowest BCUT2D eigenvalue weighted by Gasteiger charge is -2.30. The zero-order chi connectivity index (χ0) is 20.0. The molecule has 0 radical (unpaired) electrons. The van der Waals surface area contributed by atoms with E-state index in [4.69, 9.17) is 9.57 Å². The van der Waals surface area contributed by atoms with Crippen LogP contribution >= 0.6 is 0 Å². The molecule has 26 heavy (non-hydrogen) atoms. The Bertz CT molecular complexity index is 475. The molecule has 152 valence electrons. The number of hydrogen-bond acceptors (Lipinski definition) is 5. The van der Waals surface area contributed by atoms with Gasteiger partial charge < -0.3 is 19.3 Å². The average Bonchev–Trinajstić information content (AvgIpc) is 2.51. The van der Waals surface area contributed by atoms with Crippen LogP contribution in [0, 0.1) is 11.1 Å². The van der Waals surface area contributed by atoms with Gasteiger partial charge in [0.05, 0.1) is 44.1 Å². The number of nitrogens with zero attached hydrogens (tertiary/aromatic N) is 4. The maximum Gasteiger partial charge on any atom is 0.309 e. The summed E-state index contributed by atoms with van der Waals surface area (Å²) in [5, 5.41) is 17.4. The van der Waals surface area contributed by atoms with Gasteiger partial charge in [0.1, 0.15) is 19.3 Å². The quantitative estimate of drug-likeness (QED) is 0.215. The normalized spacial score (nSPS) is 22.0. The van der Waals surface area contributed by atoms with Crippen LogP contribution in [0.2, 0.25) is 0 Å². The molecule has 0 aromatic carbocycles. The first-order valence-electron chi connectivity index (χ1n) is 9.52. The number of carbonyl (C=O) groups is 1. The lowest BCUT2D eigenvalue weighted by molar-refractivity contribution is -0.870. The molecule has 0 amide bonds. The van der Waals surface area contributed by atoms with E-state index >= 15 is 0 Å². The van der Waals surface area contributed by atoms with Gasteiger partial charge >= 0.3 is 5.97 Å². The Morgan fingerprint density at radius 3 is 2.27 bits per heavy atom. The molecular weight excluding hydrogens is 336 g/mol. The van der Waals surface area contributed by atoms with Crippen LogP contribution in [-0.4, -0.2) is 72.9 Å². The fourth-order valence-corrected chi connectivity index (χ4v) is 2.94. The van der Waals surface area contributed by atoms with Gasteiger partial charge in [-0.05, 0) is 53.4 Å². The van der Waals surface area contributed by atoms with Crippen LogP contribution in [0.4, 0.5) is 0 Å². The molecule has 1 rings (SSSR count). The summed E-state index contributed by atoms with van der Waals surface area (Å²) < 4.78 is 6.16. The molecule has 0 aromatic rings. The number of quaternary nitrogens is 1. The van der Waals surface area contributed by atoms with Gasteiger partial charge in [-0.3, -0.25) is 4.79 Å². The Morgan fingerprint density at radius 2 is 1.81 bits per heavy atom. The zero-order valence-corrected chi connectivity index (χ0v) is 17.5. The van der Waals surface area contributed by atoms with Gasteiger partial charge in [-0.25, -0.2) is 0 Å². The van der Waals surface area contributed by atoms with E-state index in [0.717, 1.165) is 11.0 Å². The maximum atomic E-state index is 12.1. The Morgan fingerprint density at radius 1 is 1.23 bits per heavy atom. The second-order valence-corrected chi connectivity index (χ2v) is 8.98. The molecule has 1 aliphatic carbocycles. The molecule has 0 aromatic heterocycles. The minimum absolute atomic E-state index is 0.0765. The number of hydrogen-bond donors (Lipinski definition) is 0. The molecular formula is C18H37N4O4+. The largest absolute Gasteiger partial charge is 0.569 e. The molecule has 0 spiro atoms. The van der Waals surface area contributed by atoms with E-state index in [1.165, 1.54) is 0 Å². The highest BCUT2D eigenvalue weighted by Gasteiger charge is 2.31. The van der Waals surface area contributed by atoms with Crippen LogP contribution in [0.15, 0.2) is 5.28 Å². The summed E-state index contributed by atoms with van der Waals surface area (Å²) in [6, 6.07) is 0. The summed E-state index contributed by atoms with van der Waals surface area (Å²) in [6.07, 6.45) is 2.70. The van der Waals surface area contributed by atoms with Gasteiger partial charge in [-0.2, -0.15) is 0 Å². The summed E-state index contributed by atoms with van der Waals surface area (Å²) in [4.78, 5) is 18.1. The molecule has 0 aliphatic heterocycles. The standard InChI is InChI=1S/C18H37N4O4/c1-8-20(18(2,3)4)21(24)19-26-16-11-9-15(10-12-16)17(23)25-14-13-22(5,6)7/h15-16H,8-14H2,1-7H3/q+1/b21-19-. The number of esters is 1. The molecule has 8 nitrogen and oxygen atoms in total. The molecule has 0 atom stereocenters. The zero-order valence-electron chi connectivity index (χ0n) is 17.5. The topological polar surface area (TPSA) is 77.2 Å². The summed E-state index contributed by atoms with van der Waals surface area (Å²) >= 11 is 0. The highest BCUT2D eigenvalue weighted by atomic mass is 16.7. The summed E-state index contributed by atoms with van der Waals surface area (Å²) in [7, 11) is 6.20. The second-order valence-electron chi connectivity index (χ2n) is 8.98. The smallest absolute Gasteiger partial charge is 0.309 e. The van der Waals surface area contributed by atoms with Crippen molar-refractivity contribution in [2.45, 2.75) is 65.0 Å². The van der Waals surface area contributed by atoms with Crippen LogP contribution in [0.5, 0.6) is 0 Å². The van der Waals surface area contributed by atoms with Crippen LogP contribution < -0.4 is 0 Å². The van der Waals surface area contributed by atoms with Gasteiger partial charge in [-0.1, -0.05) is 0 Å². The third-order valence-corrected chi connectivity index (χ3v) is 4.56. The molecule has 0 unspecified atom stereocenters. The van der Waals surface area contributed by atoms with E-state index in [9.17, 15) is 10.0 Å². The van der Waals surface area contributed by atoms with Crippen molar-refractivity contribution in [3.05, 3.63) is 5.21 Å². The van der Waals surface area contributed by atoms with Gasteiger partial charge in [0.2, 0.25) is 5.28 Å². The van der Waals surface area contributed by atoms with Crippen LogP contribution in [-0.2, 0) is 14.4 Å². The van der Waals surface area contributed by atoms with Gasteiger partial charge in [0, 0.05) is 0 Å². The molecule has 0 heterocycles. The molecule has 0 bridgehead atoms. The van der Waals surface area contributed by atoms with Crippen molar-refractivity contribution < 1.29 is 23.8 Å². The van der Waals surface area contributed by atoms with E-state index in [0.29, 0.717) is 43.8 Å². The second kappa shape index (κ2) is 9.39. The fourth-order valence-electron chi connectivity index (χ4n) is 2.94.